The Morgan fingerprint density at radius 1 is 1.00 bits per heavy atom. The number of benzene rings is 3. The molecule has 0 bridgehead atoms. The quantitative estimate of drug-likeness (QED) is 0.371. The van der Waals surface area contributed by atoms with Gasteiger partial charge in [-0.25, -0.2) is 4.79 Å². The second kappa shape index (κ2) is 10.3. The summed E-state index contributed by atoms with van der Waals surface area (Å²) in [6.07, 6.45) is 0. The minimum atomic E-state index is -0.329. The van der Waals surface area contributed by atoms with Crippen LogP contribution < -0.4 is 20.7 Å². The molecule has 34 heavy (non-hydrogen) atoms. The summed E-state index contributed by atoms with van der Waals surface area (Å²) in [5.41, 5.74) is 2.89. The first kappa shape index (κ1) is 22.6. The molecule has 8 heteroatoms. The first-order chi connectivity index (χ1) is 16.6. The number of fused-ring (bicyclic) bond motifs is 1. The third-order valence-electron chi connectivity index (χ3n) is 5.28. The smallest absolute Gasteiger partial charge is 0.319 e. The Kier molecular flexibility index (Phi) is 6.84. The van der Waals surface area contributed by atoms with E-state index in [1.165, 1.54) is 0 Å². The largest absolute Gasteiger partial charge is 0.497 e. The lowest BCUT2D eigenvalue weighted by atomic mass is 10.0. The van der Waals surface area contributed by atoms with E-state index >= 15 is 0 Å². The van der Waals surface area contributed by atoms with Gasteiger partial charge in [-0.05, 0) is 55.5 Å². The summed E-state index contributed by atoms with van der Waals surface area (Å²) in [7, 11) is 1.64. The SMILES string of the molecule is COc1ccc(-c2nnc(NC[C@H](C)NC(=O)Nc3ccc(C#N)cc3)c3ccccc23)cc1. The van der Waals surface area contributed by atoms with Gasteiger partial charge in [0.15, 0.2) is 5.82 Å². The molecule has 0 fully saturated rings. The highest BCUT2D eigenvalue weighted by molar-refractivity contribution is 6.00. The Morgan fingerprint density at radius 3 is 2.38 bits per heavy atom. The molecule has 170 valence electrons. The van der Waals surface area contributed by atoms with E-state index < -0.39 is 0 Å². The monoisotopic (exact) mass is 452 g/mol. The molecule has 0 spiro atoms. The van der Waals surface area contributed by atoms with Gasteiger partial charge in [-0.2, -0.15) is 5.26 Å². The van der Waals surface area contributed by atoms with Crippen LogP contribution in [0.4, 0.5) is 16.3 Å². The minimum Gasteiger partial charge on any atom is -0.497 e. The Morgan fingerprint density at radius 2 is 1.71 bits per heavy atom. The van der Waals surface area contributed by atoms with Crippen LogP contribution in [0.5, 0.6) is 5.75 Å². The summed E-state index contributed by atoms with van der Waals surface area (Å²) < 4.78 is 5.24. The molecule has 4 aromatic rings. The van der Waals surface area contributed by atoms with Gasteiger partial charge in [-0.1, -0.05) is 24.3 Å². The molecule has 4 rings (SSSR count). The van der Waals surface area contributed by atoms with Gasteiger partial charge in [0.25, 0.3) is 0 Å². The van der Waals surface area contributed by atoms with E-state index in [0.29, 0.717) is 23.6 Å². The molecule has 1 heterocycles. The van der Waals surface area contributed by atoms with Crippen molar-refractivity contribution >= 4 is 28.3 Å². The maximum absolute atomic E-state index is 12.3. The Balaban J connectivity index is 1.42. The standard InChI is InChI=1S/C26H24N6O2/c1-17(29-26(33)30-20-11-7-18(15-27)8-12-20)16-28-25-23-6-4-3-5-22(23)24(31-32-25)19-9-13-21(34-2)14-10-19/h3-14,17H,16H2,1-2H3,(H,28,32)(H2,29,30,33)/t17-/m0/s1. The van der Waals surface area contributed by atoms with Crippen LogP contribution in [-0.2, 0) is 0 Å². The van der Waals surface area contributed by atoms with Gasteiger partial charge < -0.3 is 20.7 Å². The number of rotatable bonds is 7. The highest BCUT2D eigenvalue weighted by Gasteiger charge is 2.13. The third-order valence-corrected chi connectivity index (χ3v) is 5.28. The van der Waals surface area contributed by atoms with E-state index in [-0.39, 0.29) is 12.1 Å². The Hall–Kier alpha value is -4.64. The van der Waals surface area contributed by atoms with E-state index in [9.17, 15) is 4.79 Å². The maximum atomic E-state index is 12.3. The predicted octanol–water partition coefficient (Wildman–Crippen LogP) is 4.80. The van der Waals surface area contributed by atoms with Gasteiger partial charge in [0.2, 0.25) is 0 Å². The van der Waals surface area contributed by atoms with E-state index in [1.54, 1.807) is 31.4 Å². The number of carbonyl (C=O) groups is 1. The molecule has 0 aliphatic carbocycles. The summed E-state index contributed by atoms with van der Waals surface area (Å²) in [5, 5.41) is 28.6. The van der Waals surface area contributed by atoms with E-state index in [4.69, 9.17) is 10.00 Å². The molecule has 1 aromatic heterocycles. The van der Waals surface area contributed by atoms with Gasteiger partial charge in [0, 0.05) is 34.6 Å². The number of nitrogens with zero attached hydrogens (tertiary/aromatic N) is 3. The van der Waals surface area contributed by atoms with Crippen molar-refractivity contribution in [3.05, 3.63) is 78.4 Å². The zero-order chi connectivity index (χ0) is 23.9. The van der Waals surface area contributed by atoms with Crippen LogP contribution in [0.1, 0.15) is 12.5 Å². The summed E-state index contributed by atoms with van der Waals surface area (Å²) in [6, 6.07) is 23.9. The van der Waals surface area contributed by atoms with Crippen LogP contribution in [-0.4, -0.2) is 35.9 Å². The van der Waals surface area contributed by atoms with Crippen molar-refractivity contribution < 1.29 is 9.53 Å². The molecule has 2 amide bonds. The number of hydrogen-bond acceptors (Lipinski definition) is 6. The fraction of sp³-hybridized carbons (Fsp3) is 0.154. The number of aromatic nitrogens is 2. The van der Waals surface area contributed by atoms with E-state index in [1.807, 2.05) is 61.5 Å². The lowest BCUT2D eigenvalue weighted by molar-refractivity contribution is 0.249. The van der Waals surface area contributed by atoms with Gasteiger partial charge in [0.05, 0.1) is 18.7 Å². The molecule has 0 aliphatic heterocycles. The highest BCUT2D eigenvalue weighted by Crippen LogP contribution is 2.30. The van der Waals surface area contributed by atoms with Gasteiger partial charge >= 0.3 is 6.03 Å². The lowest BCUT2D eigenvalue weighted by Crippen LogP contribution is -2.40. The summed E-state index contributed by atoms with van der Waals surface area (Å²) in [4.78, 5) is 12.3. The number of nitrogens with one attached hydrogen (secondary N) is 3. The van der Waals surface area contributed by atoms with Crippen LogP contribution in [0.25, 0.3) is 22.0 Å². The Bertz CT molecular complexity index is 1330. The van der Waals surface area contributed by atoms with Crippen LogP contribution in [0.3, 0.4) is 0 Å². The highest BCUT2D eigenvalue weighted by atomic mass is 16.5. The second-order valence-electron chi connectivity index (χ2n) is 7.74. The number of hydrogen-bond donors (Lipinski definition) is 3. The van der Waals surface area contributed by atoms with Crippen molar-refractivity contribution in [3.63, 3.8) is 0 Å². The van der Waals surface area contributed by atoms with E-state index in [0.717, 1.165) is 27.8 Å². The number of nitriles is 1. The first-order valence-electron chi connectivity index (χ1n) is 10.8. The summed E-state index contributed by atoms with van der Waals surface area (Å²) in [6.45, 7) is 2.36. The topological polar surface area (TPSA) is 112 Å². The van der Waals surface area contributed by atoms with Crippen LogP contribution in [0.15, 0.2) is 72.8 Å². The fourth-order valence-electron chi connectivity index (χ4n) is 3.52. The normalized spacial score (nSPS) is 11.3. The number of carbonyl (C=O) groups excluding carboxylic acids is 1. The molecular weight excluding hydrogens is 428 g/mol. The second-order valence-corrected chi connectivity index (χ2v) is 7.74. The molecule has 0 saturated carbocycles. The third kappa shape index (κ3) is 5.22. The molecule has 0 saturated heterocycles. The van der Waals surface area contributed by atoms with Gasteiger partial charge in [0.1, 0.15) is 11.4 Å². The molecule has 8 nitrogen and oxygen atoms in total. The van der Waals surface area contributed by atoms with Crippen molar-refractivity contribution in [1.82, 2.24) is 15.5 Å². The molecule has 0 unspecified atom stereocenters. The van der Waals surface area contributed by atoms with E-state index in [2.05, 4.69) is 26.1 Å². The number of anilines is 2. The van der Waals surface area contributed by atoms with Crippen molar-refractivity contribution in [1.29, 1.82) is 5.26 Å². The average Bonchev–Trinajstić information content (AvgIpc) is 2.87. The molecular formula is C26H24N6O2. The maximum Gasteiger partial charge on any atom is 0.319 e. The molecule has 3 N–H and O–H groups in total. The lowest BCUT2D eigenvalue weighted by Gasteiger charge is -2.17. The van der Waals surface area contributed by atoms with Crippen molar-refractivity contribution in [2.45, 2.75) is 13.0 Å². The van der Waals surface area contributed by atoms with Gasteiger partial charge in [-0.15, -0.1) is 10.2 Å². The molecule has 1 atom stereocenters. The minimum absolute atomic E-state index is 0.180. The number of urea groups is 1. The predicted molar refractivity (Wildman–Crippen MR) is 133 cm³/mol. The first-order valence-corrected chi connectivity index (χ1v) is 10.8. The zero-order valence-corrected chi connectivity index (χ0v) is 18.9. The number of amides is 2. The zero-order valence-electron chi connectivity index (χ0n) is 18.9. The van der Waals surface area contributed by atoms with Crippen LogP contribution >= 0.6 is 0 Å². The average molecular weight is 453 g/mol. The Labute approximate surface area is 197 Å². The molecule has 0 radical (unpaired) electrons. The van der Waals surface area contributed by atoms with Crippen molar-refractivity contribution in [2.75, 3.05) is 24.3 Å². The molecule has 3 aromatic carbocycles. The summed E-state index contributed by atoms with van der Waals surface area (Å²) in [5.74, 6) is 1.43. The number of methoxy groups -OCH3 is 1. The van der Waals surface area contributed by atoms with Gasteiger partial charge in [-0.3, -0.25) is 0 Å². The molecule has 0 aliphatic rings. The fourth-order valence-corrected chi connectivity index (χ4v) is 3.52. The van der Waals surface area contributed by atoms with Crippen LogP contribution in [0.2, 0.25) is 0 Å². The van der Waals surface area contributed by atoms with Crippen LogP contribution in [0, 0.1) is 11.3 Å². The van der Waals surface area contributed by atoms with Crippen molar-refractivity contribution in [3.8, 4) is 23.1 Å². The number of ether oxygens (including phenoxy) is 1. The summed E-state index contributed by atoms with van der Waals surface area (Å²) >= 11 is 0. The van der Waals surface area contributed by atoms with Crippen molar-refractivity contribution in [2.24, 2.45) is 0 Å².